The Bertz CT molecular complexity index is 673. The minimum Gasteiger partial charge on any atom is -0.381 e. The van der Waals surface area contributed by atoms with Gasteiger partial charge in [-0.2, -0.15) is 0 Å². The normalized spacial score (nSPS) is 13.0. The molecule has 1 aromatic carbocycles. The second-order valence-electron chi connectivity index (χ2n) is 6.51. The summed E-state index contributed by atoms with van der Waals surface area (Å²) in [5.74, 6) is -0.641. The number of benzene rings is 1. The summed E-state index contributed by atoms with van der Waals surface area (Å²) in [5, 5.41) is 12.1. The third kappa shape index (κ3) is 5.24. The predicted molar refractivity (Wildman–Crippen MR) is 86.5 cm³/mol. The first kappa shape index (κ1) is 18.9. The number of aliphatic hydroxyl groups is 1. The highest BCUT2D eigenvalue weighted by Gasteiger charge is 2.26. The number of sulfonamides is 1. The Hall–Kier alpha value is -1.15. The molecule has 0 unspecified atom stereocenters. The highest BCUT2D eigenvalue weighted by Crippen LogP contribution is 2.26. The SMILES string of the molecule is CC(C)(C)NS(=O)(=O)c1ccc(NC(=O)C(C)(C)O)c(Cl)c1. The van der Waals surface area contributed by atoms with Gasteiger partial charge in [-0.25, -0.2) is 13.1 Å². The van der Waals surface area contributed by atoms with Crippen LogP contribution in [-0.2, 0) is 14.8 Å². The van der Waals surface area contributed by atoms with E-state index in [4.69, 9.17) is 11.6 Å². The van der Waals surface area contributed by atoms with E-state index in [1.807, 2.05) is 0 Å². The Morgan fingerprint density at radius 1 is 1.18 bits per heavy atom. The van der Waals surface area contributed by atoms with Crippen molar-refractivity contribution in [2.45, 2.75) is 50.7 Å². The lowest BCUT2D eigenvalue weighted by atomic mass is 10.1. The Balaban J connectivity index is 3.07. The number of carbonyl (C=O) groups is 1. The number of carbonyl (C=O) groups excluding carboxylic acids is 1. The van der Waals surface area contributed by atoms with Crippen LogP contribution in [0.2, 0.25) is 5.02 Å². The fraction of sp³-hybridized carbons (Fsp3) is 0.500. The van der Waals surface area contributed by atoms with Crippen LogP contribution in [0.5, 0.6) is 0 Å². The molecule has 22 heavy (non-hydrogen) atoms. The van der Waals surface area contributed by atoms with Gasteiger partial charge in [0.1, 0.15) is 5.60 Å². The zero-order chi connectivity index (χ0) is 17.3. The van der Waals surface area contributed by atoms with Crippen molar-refractivity contribution in [3.8, 4) is 0 Å². The smallest absolute Gasteiger partial charge is 0.255 e. The van der Waals surface area contributed by atoms with Crippen molar-refractivity contribution in [3.63, 3.8) is 0 Å². The average molecular weight is 349 g/mol. The molecule has 0 heterocycles. The van der Waals surface area contributed by atoms with Gasteiger partial charge in [0.15, 0.2) is 0 Å². The zero-order valence-electron chi connectivity index (χ0n) is 13.2. The molecular weight excluding hydrogens is 328 g/mol. The molecule has 0 fully saturated rings. The highest BCUT2D eigenvalue weighted by atomic mass is 35.5. The Morgan fingerprint density at radius 2 is 1.73 bits per heavy atom. The minimum absolute atomic E-state index is 0.00585. The van der Waals surface area contributed by atoms with Gasteiger partial charge in [0, 0.05) is 5.54 Å². The van der Waals surface area contributed by atoms with Gasteiger partial charge in [-0.15, -0.1) is 0 Å². The largest absolute Gasteiger partial charge is 0.381 e. The van der Waals surface area contributed by atoms with Crippen LogP contribution in [0.1, 0.15) is 34.6 Å². The maximum atomic E-state index is 12.2. The fourth-order valence-corrected chi connectivity index (χ4v) is 3.24. The van der Waals surface area contributed by atoms with E-state index >= 15 is 0 Å². The topological polar surface area (TPSA) is 95.5 Å². The van der Waals surface area contributed by atoms with Crippen LogP contribution in [0.15, 0.2) is 23.1 Å². The van der Waals surface area contributed by atoms with Crippen molar-refractivity contribution in [1.29, 1.82) is 0 Å². The van der Waals surface area contributed by atoms with Gasteiger partial charge in [0.25, 0.3) is 5.91 Å². The fourth-order valence-electron chi connectivity index (χ4n) is 1.50. The van der Waals surface area contributed by atoms with Crippen molar-refractivity contribution < 1.29 is 18.3 Å². The minimum atomic E-state index is -3.71. The van der Waals surface area contributed by atoms with Crippen molar-refractivity contribution in [1.82, 2.24) is 4.72 Å². The molecule has 1 rings (SSSR count). The molecule has 0 spiro atoms. The summed E-state index contributed by atoms with van der Waals surface area (Å²) in [6.07, 6.45) is 0. The van der Waals surface area contributed by atoms with E-state index in [0.717, 1.165) is 0 Å². The lowest BCUT2D eigenvalue weighted by Crippen LogP contribution is -2.40. The van der Waals surface area contributed by atoms with E-state index in [1.165, 1.54) is 32.0 Å². The van der Waals surface area contributed by atoms with Gasteiger partial charge in [-0.1, -0.05) is 11.6 Å². The molecule has 1 aromatic rings. The van der Waals surface area contributed by atoms with Crippen LogP contribution in [-0.4, -0.2) is 30.6 Å². The molecule has 0 saturated heterocycles. The second kappa shape index (κ2) is 6.16. The number of anilines is 1. The molecule has 0 aromatic heterocycles. The average Bonchev–Trinajstić information content (AvgIpc) is 2.27. The summed E-state index contributed by atoms with van der Waals surface area (Å²) in [5.41, 5.74) is -1.97. The lowest BCUT2D eigenvalue weighted by molar-refractivity contribution is -0.130. The number of amides is 1. The maximum Gasteiger partial charge on any atom is 0.255 e. The Morgan fingerprint density at radius 3 is 2.14 bits per heavy atom. The van der Waals surface area contributed by atoms with Crippen LogP contribution in [0.4, 0.5) is 5.69 Å². The van der Waals surface area contributed by atoms with Crippen LogP contribution in [0.25, 0.3) is 0 Å². The van der Waals surface area contributed by atoms with Gasteiger partial charge in [-0.3, -0.25) is 4.79 Å². The van der Waals surface area contributed by atoms with Gasteiger partial charge < -0.3 is 10.4 Å². The summed E-state index contributed by atoms with van der Waals surface area (Å²) in [7, 11) is -3.71. The molecular formula is C14H21ClN2O4S. The first-order valence-electron chi connectivity index (χ1n) is 6.60. The molecule has 1 amide bonds. The summed E-state index contributed by atoms with van der Waals surface area (Å²) in [4.78, 5) is 11.7. The number of hydrogen-bond acceptors (Lipinski definition) is 4. The van der Waals surface area contributed by atoms with E-state index in [-0.39, 0.29) is 15.6 Å². The van der Waals surface area contributed by atoms with Crippen LogP contribution >= 0.6 is 11.6 Å². The third-order valence-corrected chi connectivity index (χ3v) is 4.56. The molecule has 0 saturated carbocycles. The summed E-state index contributed by atoms with van der Waals surface area (Å²) in [6, 6.07) is 3.96. The van der Waals surface area contributed by atoms with E-state index in [1.54, 1.807) is 20.8 Å². The van der Waals surface area contributed by atoms with Crippen LogP contribution in [0.3, 0.4) is 0 Å². The molecule has 8 heteroatoms. The van der Waals surface area contributed by atoms with Gasteiger partial charge in [0.2, 0.25) is 10.0 Å². The van der Waals surface area contributed by atoms with Crippen molar-refractivity contribution in [2.75, 3.05) is 5.32 Å². The monoisotopic (exact) mass is 348 g/mol. The number of hydrogen-bond donors (Lipinski definition) is 3. The predicted octanol–water partition coefficient (Wildman–Crippen LogP) is 2.13. The number of nitrogens with one attached hydrogen (secondary N) is 2. The van der Waals surface area contributed by atoms with Crippen LogP contribution in [0, 0.1) is 0 Å². The molecule has 0 bridgehead atoms. The van der Waals surface area contributed by atoms with Gasteiger partial charge >= 0.3 is 0 Å². The molecule has 124 valence electrons. The standard InChI is InChI=1S/C14H21ClN2O4S/c1-13(2,3)17-22(20,21)9-6-7-11(10(15)8-9)16-12(18)14(4,5)19/h6-8,17,19H,1-5H3,(H,16,18). The summed E-state index contributed by atoms with van der Waals surface area (Å²) < 4.78 is 26.9. The van der Waals surface area contributed by atoms with Crippen molar-refractivity contribution >= 4 is 33.2 Å². The lowest BCUT2D eigenvalue weighted by Gasteiger charge is -2.21. The molecule has 0 aliphatic heterocycles. The second-order valence-corrected chi connectivity index (χ2v) is 8.60. The summed E-state index contributed by atoms with van der Waals surface area (Å²) in [6.45, 7) is 7.85. The number of rotatable bonds is 4. The first-order valence-corrected chi connectivity index (χ1v) is 8.46. The van der Waals surface area contributed by atoms with E-state index in [2.05, 4.69) is 10.0 Å². The van der Waals surface area contributed by atoms with Crippen molar-refractivity contribution in [2.24, 2.45) is 0 Å². The molecule has 0 aliphatic rings. The van der Waals surface area contributed by atoms with E-state index < -0.39 is 27.1 Å². The third-order valence-electron chi connectivity index (χ3n) is 2.50. The molecule has 0 atom stereocenters. The Labute approximate surface area is 135 Å². The molecule has 0 radical (unpaired) electrons. The molecule has 6 nitrogen and oxygen atoms in total. The van der Waals surface area contributed by atoms with E-state index in [0.29, 0.717) is 0 Å². The maximum absolute atomic E-state index is 12.2. The quantitative estimate of drug-likeness (QED) is 0.776. The van der Waals surface area contributed by atoms with Crippen LogP contribution < -0.4 is 10.0 Å². The van der Waals surface area contributed by atoms with Gasteiger partial charge in [-0.05, 0) is 52.8 Å². The molecule has 3 N–H and O–H groups in total. The van der Waals surface area contributed by atoms with Crippen molar-refractivity contribution in [3.05, 3.63) is 23.2 Å². The Kier molecular flexibility index (Phi) is 5.29. The van der Waals surface area contributed by atoms with E-state index in [9.17, 15) is 18.3 Å². The number of halogens is 1. The molecule has 0 aliphatic carbocycles. The van der Waals surface area contributed by atoms with Gasteiger partial charge in [0.05, 0.1) is 15.6 Å². The first-order chi connectivity index (χ1) is 9.72. The zero-order valence-corrected chi connectivity index (χ0v) is 14.8. The summed E-state index contributed by atoms with van der Waals surface area (Å²) >= 11 is 6.01. The highest BCUT2D eigenvalue weighted by molar-refractivity contribution is 7.89.